The van der Waals surface area contributed by atoms with Crippen molar-refractivity contribution in [1.82, 2.24) is 10.6 Å². The number of esters is 1. The number of sulfone groups is 1. The number of carbonyl (C=O) groups excluding carboxylic acids is 3. The lowest BCUT2D eigenvalue weighted by Crippen LogP contribution is -2.53. The number of ether oxygens (including phenoxy) is 2. The lowest BCUT2D eigenvalue weighted by Gasteiger charge is -2.24. The van der Waals surface area contributed by atoms with E-state index in [4.69, 9.17) is 19.4 Å². The zero-order valence-electron chi connectivity index (χ0n) is 32.4. The number of nitrogens with one attached hydrogen (secondary N) is 2. The van der Waals surface area contributed by atoms with E-state index in [2.05, 4.69) is 22.8 Å². The van der Waals surface area contributed by atoms with E-state index in [9.17, 15) is 36.0 Å². The molecule has 2 amide bonds. The molecule has 11 nitrogen and oxygen atoms in total. The van der Waals surface area contributed by atoms with Gasteiger partial charge in [-0.15, -0.1) is 0 Å². The van der Waals surface area contributed by atoms with Crippen LogP contribution < -0.4 is 10.6 Å². The molecule has 0 radical (unpaired) electrons. The highest BCUT2D eigenvalue weighted by molar-refractivity contribution is 7.95. The van der Waals surface area contributed by atoms with Gasteiger partial charge in [-0.3, -0.25) is 4.79 Å². The minimum absolute atomic E-state index is 0.0273. The second-order valence-corrected chi connectivity index (χ2v) is 16.6. The molecule has 0 bridgehead atoms. The van der Waals surface area contributed by atoms with Gasteiger partial charge in [0.25, 0.3) is 0 Å². The van der Waals surface area contributed by atoms with Crippen LogP contribution in [0.3, 0.4) is 0 Å². The van der Waals surface area contributed by atoms with Crippen molar-refractivity contribution in [2.24, 2.45) is 5.92 Å². The van der Waals surface area contributed by atoms with Gasteiger partial charge in [0.15, 0.2) is 0 Å². The number of hydrogen-bond donors (Lipinski definition) is 3. The largest absolute Gasteiger partial charge is 0.490 e. The van der Waals surface area contributed by atoms with Crippen LogP contribution in [-0.2, 0) is 40.1 Å². The molecule has 1 aliphatic heterocycles. The van der Waals surface area contributed by atoms with E-state index in [1.165, 1.54) is 0 Å². The highest BCUT2D eigenvalue weighted by Crippen LogP contribution is 2.44. The quantitative estimate of drug-likeness (QED) is 0.106. The Morgan fingerprint density at radius 2 is 1.33 bits per heavy atom. The van der Waals surface area contributed by atoms with Crippen molar-refractivity contribution in [2.75, 3.05) is 13.2 Å². The normalized spacial score (nSPS) is 14.7. The molecule has 0 aromatic heterocycles. The Morgan fingerprint density at radius 3 is 1.95 bits per heavy atom. The van der Waals surface area contributed by atoms with Crippen LogP contribution in [0.4, 0.5) is 18.0 Å². The Morgan fingerprint density at radius 1 is 0.750 bits per heavy atom. The lowest BCUT2D eigenvalue weighted by atomic mass is 9.98. The van der Waals surface area contributed by atoms with Gasteiger partial charge in [0.2, 0.25) is 15.7 Å². The van der Waals surface area contributed by atoms with Crippen LogP contribution in [0.25, 0.3) is 28.0 Å². The average Bonchev–Trinajstić information content (AvgIpc) is 3.68. The molecular weight excluding hydrogens is 802 g/mol. The van der Waals surface area contributed by atoms with Crippen LogP contribution >= 0.6 is 0 Å². The number of carboxylic acid groups (broad SMARTS) is 1. The second kappa shape index (κ2) is 18.2. The number of benzene rings is 5. The number of rotatable bonds is 12. The van der Waals surface area contributed by atoms with E-state index in [0.717, 1.165) is 38.6 Å². The summed E-state index contributed by atoms with van der Waals surface area (Å²) in [6, 6.07) is 33.9. The molecule has 15 heteroatoms. The van der Waals surface area contributed by atoms with Crippen LogP contribution in [0.2, 0.25) is 0 Å². The minimum Gasteiger partial charge on any atom is -0.475 e. The van der Waals surface area contributed by atoms with Crippen molar-refractivity contribution < 1.29 is 55.3 Å². The van der Waals surface area contributed by atoms with Crippen molar-refractivity contribution >= 4 is 50.6 Å². The third kappa shape index (κ3) is 9.85. The molecule has 2 aliphatic rings. The molecule has 0 saturated heterocycles. The van der Waals surface area contributed by atoms with E-state index in [0.29, 0.717) is 5.56 Å². The van der Waals surface area contributed by atoms with Crippen molar-refractivity contribution in [2.45, 2.75) is 55.8 Å². The zero-order valence-corrected chi connectivity index (χ0v) is 33.3. The predicted octanol–water partition coefficient (Wildman–Crippen LogP) is 7.83. The molecule has 1 heterocycles. The first-order valence-corrected chi connectivity index (χ1v) is 20.4. The second-order valence-electron chi connectivity index (χ2n) is 14.6. The van der Waals surface area contributed by atoms with Gasteiger partial charge in [-0.25, -0.2) is 22.8 Å². The maximum atomic E-state index is 13.9. The van der Waals surface area contributed by atoms with Crippen LogP contribution in [0, 0.1) is 5.92 Å². The Balaban J connectivity index is 0.000000793. The summed E-state index contributed by atoms with van der Waals surface area (Å²) in [5.74, 6) is -4.32. The van der Waals surface area contributed by atoms with Crippen LogP contribution in [0.1, 0.15) is 48.4 Å². The number of alkyl carbamates (subject to hydrolysis) is 1. The minimum atomic E-state index is -5.08. The number of halogens is 3. The SMILES string of the molecule is CC(C)C[C@H](NC(=O)[C@H](Cc1ccccc1)NC(=O)OCC1c2ccccc2-c2ccccc21)C(=O)OCC1=Cc2c(ccc3ccccc23)S1(=O)=O.O=C(O)C(F)(F)F. The molecule has 7 rings (SSSR count). The Kier molecular flexibility index (Phi) is 13.1. The van der Waals surface area contributed by atoms with E-state index >= 15 is 0 Å². The summed E-state index contributed by atoms with van der Waals surface area (Å²) in [5.41, 5.74) is 5.68. The molecule has 2 atom stereocenters. The molecule has 60 heavy (non-hydrogen) atoms. The van der Waals surface area contributed by atoms with Crippen LogP contribution in [0.5, 0.6) is 0 Å². The highest BCUT2D eigenvalue weighted by Gasteiger charge is 2.38. The van der Waals surface area contributed by atoms with Crippen molar-refractivity contribution in [3.8, 4) is 11.1 Å². The number of fused-ring (bicyclic) bond motifs is 6. The van der Waals surface area contributed by atoms with Gasteiger partial charge < -0.3 is 25.2 Å². The Labute approximate surface area is 344 Å². The molecule has 312 valence electrons. The maximum absolute atomic E-state index is 13.9. The fraction of sp³-hybridized carbons (Fsp3) is 0.244. The van der Waals surface area contributed by atoms with Crippen molar-refractivity contribution in [3.05, 3.63) is 142 Å². The number of amides is 2. The van der Waals surface area contributed by atoms with Crippen LogP contribution in [0.15, 0.2) is 125 Å². The number of carboxylic acids is 1. The van der Waals surface area contributed by atoms with E-state index in [1.807, 2.05) is 105 Å². The molecular formula is C45H41F3N2O9S. The van der Waals surface area contributed by atoms with Crippen molar-refractivity contribution in [3.63, 3.8) is 0 Å². The summed E-state index contributed by atoms with van der Waals surface area (Å²) in [5, 5.41) is 14.3. The van der Waals surface area contributed by atoms with Gasteiger partial charge in [0.1, 0.15) is 25.3 Å². The molecule has 0 fully saturated rings. The molecule has 0 unspecified atom stereocenters. The summed E-state index contributed by atoms with van der Waals surface area (Å²) in [6.07, 6.45) is -3.94. The van der Waals surface area contributed by atoms with Gasteiger partial charge in [-0.05, 0) is 63.1 Å². The van der Waals surface area contributed by atoms with Gasteiger partial charge >= 0.3 is 24.2 Å². The summed E-state index contributed by atoms with van der Waals surface area (Å²) < 4.78 is 69.9. The number of alkyl halides is 3. The van der Waals surface area contributed by atoms with Gasteiger partial charge in [0.05, 0.1) is 9.80 Å². The summed E-state index contributed by atoms with van der Waals surface area (Å²) in [6.45, 7) is 3.38. The average molecular weight is 843 g/mol. The standard InChI is InChI=1S/C43H40N2O7S.C2HF3O2/c1-27(2)22-39(42(47)51-25-30-24-36-31-15-7-6-14-29(31)20-21-40(36)53(30,49)50)44-41(46)38(23-28-12-4-3-5-13-28)45-43(48)52-26-37-34-18-10-8-16-32(34)33-17-9-11-19-35(33)37;3-2(4,5)1(6)7/h3-21,24,27,37-39H,22-23,25-26H2,1-2H3,(H,44,46)(H,45,48);(H,6,7)/t38-,39-;/m0./s1. The predicted molar refractivity (Wildman–Crippen MR) is 217 cm³/mol. The third-order valence-electron chi connectivity index (χ3n) is 10.0. The molecule has 3 N–H and O–H groups in total. The monoisotopic (exact) mass is 842 g/mol. The topological polar surface area (TPSA) is 165 Å². The van der Waals surface area contributed by atoms with E-state index in [1.54, 1.807) is 18.2 Å². The summed E-state index contributed by atoms with van der Waals surface area (Å²) in [4.78, 5) is 49.8. The summed E-state index contributed by atoms with van der Waals surface area (Å²) >= 11 is 0. The molecule has 0 spiro atoms. The highest BCUT2D eigenvalue weighted by atomic mass is 32.2. The van der Waals surface area contributed by atoms with Crippen molar-refractivity contribution in [1.29, 1.82) is 0 Å². The Hall–Kier alpha value is -6.48. The molecule has 0 saturated carbocycles. The maximum Gasteiger partial charge on any atom is 0.490 e. The lowest BCUT2D eigenvalue weighted by molar-refractivity contribution is -0.192. The first kappa shape index (κ1) is 43.1. The van der Waals surface area contributed by atoms with Crippen LogP contribution in [-0.4, -0.2) is 68.9 Å². The first-order chi connectivity index (χ1) is 28.5. The molecule has 5 aromatic rings. The smallest absolute Gasteiger partial charge is 0.475 e. The van der Waals surface area contributed by atoms with E-state index < -0.39 is 58.6 Å². The molecule has 5 aromatic carbocycles. The fourth-order valence-electron chi connectivity index (χ4n) is 7.20. The molecule has 1 aliphatic carbocycles. The fourth-order valence-corrected chi connectivity index (χ4v) is 8.68. The first-order valence-electron chi connectivity index (χ1n) is 18.9. The van der Waals surface area contributed by atoms with Gasteiger partial charge in [0, 0.05) is 17.9 Å². The summed E-state index contributed by atoms with van der Waals surface area (Å²) in [7, 11) is -3.88. The Bertz CT molecular complexity index is 2510. The number of hydrogen-bond acceptors (Lipinski definition) is 8. The van der Waals surface area contributed by atoms with Gasteiger partial charge in [-0.2, -0.15) is 13.2 Å². The number of aliphatic carboxylic acids is 1. The number of carbonyl (C=O) groups is 4. The zero-order chi connectivity index (χ0) is 43.2. The third-order valence-corrected chi connectivity index (χ3v) is 11.9. The van der Waals surface area contributed by atoms with Gasteiger partial charge in [-0.1, -0.05) is 123 Å². The van der Waals surface area contributed by atoms with E-state index in [-0.39, 0.29) is 41.1 Å².